The average Bonchev–Trinajstić information content (AvgIpc) is 2.71. The summed E-state index contributed by atoms with van der Waals surface area (Å²) in [6.07, 6.45) is 0. The van der Waals surface area contributed by atoms with Crippen LogP contribution in [0.3, 0.4) is 0 Å². The van der Waals surface area contributed by atoms with Gasteiger partial charge in [0.25, 0.3) is 0 Å². The molecule has 1 saturated heterocycles. The third kappa shape index (κ3) is 3.24. The molecule has 0 saturated carbocycles. The number of carbonyl (C=O) groups excluding carboxylic acids is 1. The Hall–Kier alpha value is -1.16. The Labute approximate surface area is 120 Å². The van der Waals surface area contributed by atoms with Crippen molar-refractivity contribution >= 4 is 23.4 Å². The van der Waals surface area contributed by atoms with E-state index in [0.29, 0.717) is 11.7 Å². The summed E-state index contributed by atoms with van der Waals surface area (Å²) in [5, 5.41) is 0.186. The van der Waals surface area contributed by atoms with E-state index in [4.69, 9.17) is 0 Å². The highest BCUT2D eigenvalue weighted by Gasteiger charge is 2.32. The Morgan fingerprint density at radius 3 is 2.47 bits per heavy atom. The van der Waals surface area contributed by atoms with Crippen molar-refractivity contribution in [2.45, 2.75) is 19.2 Å². The maximum absolute atomic E-state index is 12.0. The fraction of sp³-hybridized carbons (Fsp3) is 0.533. The van der Waals surface area contributed by atoms with Gasteiger partial charge in [0.1, 0.15) is 5.37 Å². The standard InChI is InChI=1S/C15H22N2OS/c1-11(2)9-17-14(18)10-19-15(17)12-5-7-13(8-6-12)16(3)4/h5-8,11,15H,9-10H2,1-4H3. The van der Waals surface area contributed by atoms with Gasteiger partial charge >= 0.3 is 0 Å². The number of hydrogen-bond donors (Lipinski definition) is 0. The Balaban J connectivity index is 2.17. The summed E-state index contributed by atoms with van der Waals surface area (Å²) in [7, 11) is 4.07. The van der Waals surface area contributed by atoms with Crippen molar-refractivity contribution in [3.05, 3.63) is 29.8 Å². The summed E-state index contributed by atoms with van der Waals surface area (Å²) in [6, 6.07) is 8.51. The van der Waals surface area contributed by atoms with E-state index >= 15 is 0 Å². The fourth-order valence-corrected chi connectivity index (χ4v) is 3.46. The van der Waals surface area contributed by atoms with Crippen molar-refractivity contribution in [3.63, 3.8) is 0 Å². The number of benzene rings is 1. The lowest BCUT2D eigenvalue weighted by Gasteiger charge is -2.26. The van der Waals surface area contributed by atoms with Crippen molar-refractivity contribution in [1.29, 1.82) is 0 Å². The molecule has 1 fully saturated rings. The zero-order chi connectivity index (χ0) is 14.0. The van der Waals surface area contributed by atoms with Crippen LogP contribution in [0, 0.1) is 5.92 Å². The molecule has 1 amide bonds. The van der Waals surface area contributed by atoms with Gasteiger partial charge in [-0.2, -0.15) is 0 Å². The maximum Gasteiger partial charge on any atom is 0.233 e. The zero-order valence-electron chi connectivity index (χ0n) is 12.1. The summed E-state index contributed by atoms with van der Waals surface area (Å²) in [5.74, 6) is 1.37. The molecule has 19 heavy (non-hydrogen) atoms. The van der Waals surface area contributed by atoms with Crippen LogP contribution in [0.1, 0.15) is 24.8 Å². The summed E-state index contributed by atoms with van der Waals surface area (Å²) in [6.45, 7) is 5.15. The average molecular weight is 278 g/mol. The molecule has 2 rings (SSSR count). The lowest BCUT2D eigenvalue weighted by molar-refractivity contribution is -0.128. The SMILES string of the molecule is CC(C)CN1C(=O)CSC1c1ccc(N(C)C)cc1. The smallest absolute Gasteiger partial charge is 0.233 e. The number of amides is 1. The van der Waals surface area contributed by atoms with E-state index in [0.717, 1.165) is 6.54 Å². The van der Waals surface area contributed by atoms with E-state index in [2.05, 4.69) is 43.0 Å². The first-order chi connectivity index (χ1) is 8.99. The van der Waals surface area contributed by atoms with Crippen LogP contribution in [-0.4, -0.2) is 37.2 Å². The van der Waals surface area contributed by atoms with Crippen LogP contribution < -0.4 is 4.90 Å². The van der Waals surface area contributed by atoms with Gasteiger partial charge in [-0.25, -0.2) is 0 Å². The molecule has 1 aromatic rings. The molecule has 1 aliphatic heterocycles. The molecule has 1 aliphatic rings. The first kappa shape index (κ1) is 14.3. The Morgan fingerprint density at radius 2 is 1.95 bits per heavy atom. The summed E-state index contributed by atoms with van der Waals surface area (Å²) < 4.78 is 0. The molecular formula is C15H22N2OS. The van der Waals surface area contributed by atoms with Crippen LogP contribution in [0.5, 0.6) is 0 Å². The number of anilines is 1. The topological polar surface area (TPSA) is 23.6 Å². The first-order valence-corrected chi connectivity index (χ1v) is 7.72. The second-order valence-electron chi connectivity index (χ2n) is 5.59. The van der Waals surface area contributed by atoms with Crippen molar-refractivity contribution in [3.8, 4) is 0 Å². The number of thioether (sulfide) groups is 1. The van der Waals surface area contributed by atoms with Crippen LogP contribution >= 0.6 is 11.8 Å². The molecule has 1 aromatic carbocycles. The predicted molar refractivity (Wildman–Crippen MR) is 82.5 cm³/mol. The second-order valence-corrected chi connectivity index (χ2v) is 6.66. The lowest BCUT2D eigenvalue weighted by Crippen LogP contribution is -2.31. The van der Waals surface area contributed by atoms with E-state index in [1.807, 2.05) is 19.0 Å². The van der Waals surface area contributed by atoms with E-state index in [9.17, 15) is 4.79 Å². The highest BCUT2D eigenvalue weighted by Crippen LogP contribution is 2.39. The third-order valence-electron chi connectivity index (χ3n) is 3.22. The normalized spacial score (nSPS) is 19.3. The predicted octanol–water partition coefficient (Wildman–Crippen LogP) is 2.98. The molecule has 0 bridgehead atoms. The second kappa shape index (κ2) is 5.87. The largest absolute Gasteiger partial charge is 0.378 e. The minimum atomic E-state index is 0.186. The lowest BCUT2D eigenvalue weighted by atomic mass is 10.1. The number of carbonyl (C=O) groups is 1. The van der Waals surface area contributed by atoms with E-state index in [-0.39, 0.29) is 11.3 Å². The summed E-state index contributed by atoms with van der Waals surface area (Å²) in [5.41, 5.74) is 2.41. The van der Waals surface area contributed by atoms with Crippen molar-refractivity contribution in [2.75, 3.05) is 31.3 Å². The molecule has 1 unspecified atom stereocenters. The molecular weight excluding hydrogens is 256 g/mol. The number of rotatable bonds is 4. The van der Waals surface area contributed by atoms with Crippen molar-refractivity contribution in [1.82, 2.24) is 4.90 Å². The summed E-state index contributed by atoms with van der Waals surface area (Å²) in [4.78, 5) is 16.1. The number of hydrogen-bond acceptors (Lipinski definition) is 3. The molecule has 1 atom stereocenters. The molecule has 0 spiro atoms. The van der Waals surface area contributed by atoms with Crippen molar-refractivity contribution in [2.24, 2.45) is 5.92 Å². The highest BCUT2D eigenvalue weighted by molar-refractivity contribution is 8.00. The molecule has 104 valence electrons. The van der Waals surface area contributed by atoms with Gasteiger partial charge in [-0.05, 0) is 23.6 Å². The molecule has 0 radical (unpaired) electrons. The Bertz CT molecular complexity index is 442. The van der Waals surface area contributed by atoms with Gasteiger partial charge in [-0.1, -0.05) is 26.0 Å². The van der Waals surface area contributed by atoms with Gasteiger partial charge < -0.3 is 9.80 Å². The van der Waals surface area contributed by atoms with E-state index in [1.165, 1.54) is 11.3 Å². The molecule has 3 nitrogen and oxygen atoms in total. The van der Waals surface area contributed by atoms with Crippen LogP contribution in [0.15, 0.2) is 24.3 Å². The van der Waals surface area contributed by atoms with Gasteiger partial charge in [0.15, 0.2) is 0 Å². The zero-order valence-corrected chi connectivity index (χ0v) is 12.9. The minimum Gasteiger partial charge on any atom is -0.378 e. The fourth-order valence-electron chi connectivity index (χ4n) is 2.26. The monoisotopic (exact) mass is 278 g/mol. The molecule has 1 heterocycles. The molecule has 4 heteroatoms. The van der Waals surface area contributed by atoms with Gasteiger partial charge in [-0.3, -0.25) is 4.79 Å². The van der Waals surface area contributed by atoms with Crippen LogP contribution in [0.2, 0.25) is 0 Å². The highest BCUT2D eigenvalue weighted by atomic mass is 32.2. The summed E-state index contributed by atoms with van der Waals surface area (Å²) >= 11 is 1.73. The third-order valence-corrected chi connectivity index (χ3v) is 4.48. The maximum atomic E-state index is 12.0. The minimum absolute atomic E-state index is 0.186. The van der Waals surface area contributed by atoms with Gasteiger partial charge in [0.2, 0.25) is 5.91 Å². The quantitative estimate of drug-likeness (QED) is 0.846. The Morgan fingerprint density at radius 1 is 1.32 bits per heavy atom. The molecule has 0 N–H and O–H groups in total. The first-order valence-electron chi connectivity index (χ1n) is 6.67. The molecule has 0 aromatic heterocycles. The molecule has 0 aliphatic carbocycles. The van der Waals surface area contributed by atoms with Crippen LogP contribution in [-0.2, 0) is 4.79 Å². The van der Waals surface area contributed by atoms with Gasteiger partial charge in [0.05, 0.1) is 5.75 Å². The van der Waals surface area contributed by atoms with Gasteiger partial charge in [0, 0.05) is 26.3 Å². The van der Waals surface area contributed by atoms with Crippen LogP contribution in [0.25, 0.3) is 0 Å². The Kier molecular flexibility index (Phi) is 4.40. The number of nitrogens with zero attached hydrogens (tertiary/aromatic N) is 2. The van der Waals surface area contributed by atoms with Gasteiger partial charge in [-0.15, -0.1) is 11.8 Å². The van der Waals surface area contributed by atoms with Crippen LogP contribution in [0.4, 0.5) is 5.69 Å². The van der Waals surface area contributed by atoms with Crippen molar-refractivity contribution < 1.29 is 4.79 Å². The van der Waals surface area contributed by atoms with E-state index < -0.39 is 0 Å². The van der Waals surface area contributed by atoms with E-state index in [1.54, 1.807) is 11.8 Å².